The molecule has 0 unspecified atom stereocenters. The number of pyridine rings is 1. The van der Waals surface area contributed by atoms with Gasteiger partial charge in [0.25, 0.3) is 5.56 Å². The molecule has 210 valence electrons. The Morgan fingerprint density at radius 2 is 1.80 bits per heavy atom. The summed E-state index contributed by atoms with van der Waals surface area (Å²) in [5.74, 6) is 1.36. The number of nitrogens with one attached hydrogen (secondary N) is 2. The van der Waals surface area contributed by atoms with Crippen LogP contribution in [0.5, 0.6) is 5.88 Å². The molecule has 4 heterocycles. The Morgan fingerprint density at radius 3 is 2.50 bits per heavy atom. The van der Waals surface area contributed by atoms with Crippen LogP contribution >= 0.6 is 0 Å². The number of hydrogen-bond acceptors (Lipinski definition) is 8. The van der Waals surface area contributed by atoms with Crippen LogP contribution in [0, 0.1) is 0 Å². The summed E-state index contributed by atoms with van der Waals surface area (Å²) in [6.45, 7) is 6.07. The van der Waals surface area contributed by atoms with E-state index in [1.807, 2.05) is 13.2 Å². The van der Waals surface area contributed by atoms with Crippen LogP contribution in [0.4, 0.5) is 5.82 Å². The Morgan fingerprint density at radius 1 is 1.02 bits per heavy atom. The monoisotopic (exact) mass is 542 g/mol. The summed E-state index contributed by atoms with van der Waals surface area (Å²) in [5, 5.41) is 17.2. The number of rotatable bonds is 9. The first-order chi connectivity index (χ1) is 19.5. The molecule has 1 saturated carbocycles. The van der Waals surface area contributed by atoms with Crippen molar-refractivity contribution >= 4 is 16.7 Å². The maximum atomic E-state index is 11.7. The number of nitrogens with zero attached hydrogens (tertiary/aromatic N) is 6. The molecule has 0 amide bonds. The van der Waals surface area contributed by atoms with Gasteiger partial charge in [0.15, 0.2) is 0 Å². The van der Waals surface area contributed by atoms with Crippen LogP contribution < -0.4 is 20.9 Å². The van der Waals surface area contributed by atoms with E-state index in [4.69, 9.17) is 9.84 Å². The maximum Gasteiger partial charge on any atom is 0.266 e. The minimum Gasteiger partial charge on any atom is -0.473 e. The summed E-state index contributed by atoms with van der Waals surface area (Å²) in [6.07, 6.45) is 5.73. The predicted molar refractivity (Wildman–Crippen MR) is 157 cm³/mol. The topological polar surface area (TPSA) is 102 Å². The van der Waals surface area contributed by atoms with Crippen LogP contribution in [-0.4, -0.2) is 68.3 Å². The normalized spacial score (nSPS) is 20.0. The highest BCUT2D eigenvalue weighted by atomic mass is 16.5. The van der Waals surface area contributed by atoms with Gasteiger partial charge in [-0.3, -0.25) is 14.4 Å². The third-order valence-corrected chi connectivity index (χ3v) is 8.16. The quantitative estimate of drug-likeness (QED) is 0.331. The lowest BCUT2D eigenvalue weighted by atomic mass is 9.93. The van der Waals surface area contributed by atoms with Crippen molar-refractivity contribution < 1.29 is 4.74 Å². The van der Waals surface area contributed by atoms with Crippen molar-refractivity contribution in [1.29, 1.82) is 0 Å². The number of benzene rings is 1. The van der Waals surface area contributed by atoms with E-state index in [1.54, 1.807) is 13.1 Å². The van der Waals surface area contributed by atoms with E-state index in [1.165, 1.54) is 16.3 Å². The molecule has 0 bridgehead atoms. The summed E-state index contributed by atoms with van der Waals surface area (Å²) in [5.41, 5.74) is 4.37. The smallest absolute Gasteiger partial charge is 0.266 e. The molecular formula is C30H38N8O2. The second kappa shape index (κ2) is 11.4. The Kier molecular flexibility index (Phi) is 7.53. The van der Waals surface area contributed by atoms with Crippen LogP contribution in [0.1, 0.15) is 44.2 Å². The van der Waals surface area contributed by atoms with Gasteiger partial charge >= 0.3 is 0 Å². The number of likely N-dealkylation sites (tertiary alicyclic amines) is 1. The maximum absolute atomic E-state index is 11.7. The molecule has 4 aromatic rings. The van der Waals surface area contributed by atoms with E-state index in [2.05, 4.69) is 67.6 Å². The van der Waals surface area contributed by atoms with Crippen molar-refractivity contribution in [2.24, 2.45) is 7.05 Å². The third-order valence-electron chi connectivity index (χ3n) is 8.16. The molecule has 2 fully saturated rings. The van der Waals surface area contributed by atoms with E-state index in [0.717, 1.165) is 79.8 Å². The molecule has 0 spiro atoms. The fourth-order valence-electron chi connectivity index (χ4n) is 5.83. The Bertz CT molecular complexity index is 1520. The molecule has 1 aromatic carbocycles. The summed E-state index contributed by atoms with van der Waals surface area (Å²) < 4.78 is 9.64. The lowest BCUT2D eigenvalue weighted by Gasteiger charge is -2.39. The summed E-state index contributed by atoms with van der Waals surface area (Å²) >= 11 is 0. The van der Waals surface area contributed by atoms with Gasteiger partial charge in [-0.15, -0.1) is 5.10 Å². The van der Waals surface area contributed by atoms with Gasteiger partial charge in [0, 0.05) is 74.6 Å². The number of ether oxygens (including phenoxy) is 1. The Hall–Kier alpha value is -3.76. The van der Waals surface area contributed by atoms with Gasteiger partial charge in [0.05, 0.1) is 11.6 Å². The van der Waals surface area contributed by atoms with E-state index >= 15 is 0 Å². The van der Waals surface area contributed by atoms with Crippen LogP contribution in [0.3, 0.4) is 0 Å². The predicted octanol–water partition coefficient (Wildman–Crippen LogP) is 3.59. The summed E-state index contributed by atoms with van der Waals surface area (Å²) in [7, 11) is 3.67. The number of fused-ring (bicyclic) bond motifs is 1. The van der Waals surface area contributed by atoms with Crippen molar-refractivity contribution in [2.75, 3.05) is 32.0 Å². The van der Waals surface area contributed by atoms with E-state index in [9.17, 15) is 4.79 Å². The zero-order valence-electron chi connectivity index (χ0n) is 23.5. The van der Waals surface area contributed by atoms with E-state index in [-0.39, 0.29) is 17.7 Å². The van der Waals surface area contributed by atoms with E-state index < -0.39 is 0 Å². The molecule has 1 aliphatic heterocycles. The van der Waals surface area contributed by atoms with Gasteiger partial charge in [-0.05, 0) is 45.2 Å². The minimum absolute atomic E-state index is 0.0730. The van der Waals surface area contributed by atoms with Gasteiger partial charge in [0.1, 0.15) is 17.6 Å². The molecule has 1 saturated heterocycles. The number of hydrogen-bond donors (Lipinski definition) is 2. The highest BCUT2D eigenvalue weighted by Gasteiger charge is 2.28. The molecule has 0 atom stereocenters. The largest absolute Gasteiger partial charge is 0.473 e. The SMILES string of the molecule is CCNc1cc2c(cn1)c(-c1ccc(CN3CC(NC)C3)cc1)nn2[C@H]1CC[C@@H](Oc2ccc(=O)n(C)n2)CC1. The third kappa shape index (κ3) is 5.46. The summed E-state index contributed by atoms with van der Waals surface area (Å²) in [6, 6.07) is 15.0. The molecule has 0 radical (unpaired) electrons. The zero-order valence-corrected chi connectivity index (χ0v) is 23.5. The van der Waals surface area contributed by atoms with Crippen LogP contribution in [0.25, 0.3) is 22.2 Å². The van der Waals surface area contributed by atoms with Gasteiger partial charge in [0.2, 0.25) is 5.88 Å². The fraction of sp³-hybridized carbons (Fsp3) is 0.467. The van der Waals surface area contributed by atoms with Crippen LogP contribution in [0.2, 0.25) is 0 Å². The lowest BCUT2D eigenvalue weighted by Crippen LogP contribution is -2.56. The highest BCUT2D eigenvalue weighted by molar-refractivity contribution is 5.94. The van der Waals surface area contributed by atoms with Gasteiger partial charge in [-0.25, -0.2) is 9.67 Å². The molecule has 40 heavy (non-hydrogen) atoms. The van der Waals surface area contributed by atoms with Crippen molar-refractivity contribution in [1.82, 2.24) is 34.8 Å². The van der Waals surface area contributed by atoms with Crippen LogP contribution in [0.15, 0.2) is 53.5 Å². The van der Waals surface area contributed by atoms with Gasteiger partial charge in [-0.1, -0.05) is 24.3 Å². The number of aryl methyl sites for hydroxylation is 1. The lowest BCUT2D eigenvalue weighted by molar-refractivity contribution is 0.123. The molecule has 6 rings (SSSR count). The first-order valence-electron chi connectivity index (χ1n) is 14.3. The van der Waals surface area contributed by atoms with Crippen LogP contribution in [-0.2, 0) is 13.6 Å². The second-order valence-corrected chi connectivity index (χ2v) is 11.0. The molecule has 2 aliphatic rings. The number of aromatic nitrogens is 5. The average molecular weight is 543 g/mol. The number of anilines is 1. The fourth-order valence-corrected chi connectivity index (χ4v) is 5.83. The van der Waals surface area contributed by atoms with Crippen molar-refractivity contribution in [3.8, 4) is 17.1 Å². The second-order valence-electron chi connectivity index (χ2n) is 11.0. The molecule has 10 nitrogen and oxygen atoms in total. The van der Waals surface area contributed by atoms with Crippen molar-refractivity contribution in [3.63, 3.8) is 0 Å². The molecule has 10 heteroatoms. The average Bonchev–Trinajstić information content (AvgIpc) is 3.32. The Balaban J connectivity index is 1.21. The number of likely N-dealkylation sites (N-methyl/N-ethyl adjacent to an activating group) is 1. The molecular weight excluding hydrogens is 504 g/mol. The molecule has 1 aliphatic carbocycles. The minimum atomic E-state index is -0.141. The molecule has 3 aromatic heterocycles. The zero-order chi connectivity index (χ0) is 27.6. The standard InChI is InChI=1S/C30H38N8O2/c1-4-32-27-15-26-25(16-33-27)30(21-7-5-20(6-8-21)17-37-18-22(19-37)31-2)35-38(26)23-9-11-24(12-10-23)40-28-13-14-29(39)36(3)34-28/h5-8,13-16,22-24,31H,4,9-12,17-19H2,1-3H3,(H,32,33)/t23-,24+. The summed E-state index contributed by atoms with van der Waals surface area (Å²) in [4.78, 5) is 18.8. The first kappa shape index (κ1) is 26.5. The van der Waals surface area contributed by atoms with Crippen molar-refractivity contribution in [3.05, 3.63) is 64.6 Å². The molecule has 2 N–H and O–H groups in total. The highest BCUT2D eigenvalue weighted by Crippen LogP contribution is 2.36. The van der Waals surface area contributed by atoms with Gasteiger partial charge < -0.3 is 15.4 Å². The van der Waals surface area contributed by atoms with Crippen molar-refractivity contribution in [2.45, 2.75) is 57.3 Å². The van der Waals surface area contributed by atoms with E-state index in [0.29, 0.717) is 11.9 Å². The first-order valence-corrected chi connectivity index (χ1v) is 14.3. The Labute approximate surface area is 234 Å². The van der Waals surface area contributed by atoms with Gasteiger partial charge in [-0.2, -0.15) is 5.10 Å².